The van der Waals surface area contributed by atoms with Gasteiger partial charge in [-0.3, -0.25) is 0 Å². The summed E-state index contributed by atoms with van der Waals surface area (Å²) in [6, 6.07) is 11.2. The van der Waals surface area contributed by atoms with Gasteiger partial charge in [-0.25, -0.2) is 8.42 Å². The number of hydrogen-bond acceptors (Lipinski definition) is 6. The van der Waals surface area contributed by atoms with Gasteiger partial charge in [0.15, 0.2) is 17.4 Å². The molecular weight excluding hydrogens is 428 g/mol. The predicted molar refractivity (Wildman–Crippen MR) is 125 cm³/mol. The van der Waals surface area contributed by atoms with Crippen molar-refractivity contribution in [2.24, 2.45) is 0 Å². The number of sulfone groups is 1. The molecule has 0 bridgehead atoms. The second kappa shape index (κ2) is 9.03. The first kappa shape index (κ1) is 22.5. The van der Waals surface area contributed by atoms with Crippen LogP contribution in [0.2, 0.25) is 0 Å². The summed E-state index contributed by atoms with van der Waals surface area (Å²) < 4.78 is 37.4. The van der Waals surface area contributed by atoms with Gasteiger partial charge < -0.3 is 24.5 Å². The molecule has 1 atom stereocenters. The molecule has 1 fully saturated rings. The molecule has 172 valence electrons. The number of nitrogens with zero attached hydrogens (tertiary/aromatic N) is 1. The van der Waals surface area contributed by atoms with E-state index in [9.17, 15) is 13.5 Å². The van der Waals surface area contributed by atoms with E-state index in [4.69, 9.17) is 9.47 Å². The molecule has 3 aromatic rings. The zero-order chi connectivity index (χ0) is 22.9. The summed E-state index contributed by atoms with van der Waals surface area (Å²) in [5, 5.41) is 16.3. The lowest BCUT2D eigenvalue weighted by atomic mass is 10.1. The lowest BCUT2D eigenvalue weighted by Gasteiger charge is -2.21. The summed E-state index contributed by atoms with van der Waals surface area (Å²) in [7, 11) is -1.79. The van der Waals surface area contributed by atoms with Gasteiger partial charge in [0.1, 0.15) is 9.84 Å². The van der Waals surface area contributed by atoms with Crippen LogP contribution in [0.5, 0.6) is 17.4 Å². The number of aromatic hydroxyl groups is 1. The number of ether oxygens (including phenoxy) is 2. The van der Waals surface area contributed by atoms with Crippen molar-refractivity contribution in [3.05, 3.63) is 53.7 Å². The quantitative estimate of drug-likeness (QED) is 0.482. The molecule has 1 aliphatic carbocycles. The van der Waals surface area contributed by atoms with E-state index in [0.717, 1.165) is 16.3 Å². The van der Waals surface area contributed by atoms with Crippen LogP contribution in [-0.4, -0.2) is 49.9 Å². The highest BCUT2D eigenvalue weighted by Gasteiger charge is 2.26. The van der Waals surface area contributed by atoms with E-state index in [-0.39, 0.29) is 11.6 Å². The van der Waals surface area contributed by atoms with Crippen molar-refractivity contribution in [1.82, 2.24) is 9.88 Å². The van der Waals surface area contributed by atoms with Crippen molar-refractivity contribution >= 4 is 20.6 Å². The fourth-order valence-electron chi connectivity index (χ4n) is 4.06. The standard InChI is InChI=1S/C24H30N2O5S/c1-4-31-22-12-16(8-11-21(22)30-2)20(15-32(3,28)29)26-14-18-7-5-6-17(23(18)24(26)27)13-25-19-9-10-19/h5-8,11-12,14,19-20,25,27H,4,9-10,13,15H2,1-3H3. The first-order chi connectivity index (χ1) is 15.3. The molecule has 7 nitrogen and oxygen atoms in total. The van der Waals surface area contributed by atoms with E-state index in [2.05, 4.69) is 5.32 Å². The maximum Gasteiger partial charge on any atom is 0.200 e. The summed E-state index contributed by atoms with van der Waals surface area (Å²) >= 11 is 0. The molecule has 2 N–H and O–H groups in total. The maximum atomic E-state index is 12.3. The highest BCUT2D eigenvalue weighted by Crippen LogP contribution is 2.38. The molecule has 1 heterocycles. The van der Waals surface area contributed by atoms with Gasteiger partial charge in [0, 0.05) is 35.8 Å². The molecule has 1 unspecified atom stereocenters. The van der Waals surface area contributed by atoms with Crippen LogP contribution in [-0.2, 0) is 16.4 Å². The molecule has 4 rings (SSSR count). The van der Waals surface area contributed by atoms with E-state index < -0.39 is 15.9 Å². The van der Waals surface area contributed by atoms with Crippen LogP contribution < -0.4 is 14.8 Å². The molecular formula is C24H30N2O5S. The van der Waals surface area contributed by atoms with E-state index >= 15 is 0 Å². The summed E-state index contributed by atoms with van der Waals surface area (Å²) in [5.41, 5.74) is 1.71. The van der Waals surface area contributed by atoms with E-state index in [1.807, 2.05) is 37.4 Å². The van der Waals surface area contributed by atoms with Gasteiger partial charge in [0.25, 0.3) is 0 Å². The number of aromatic nitrogens is 1. The Labute approximate surface area is 188 Å². The van der Waals surface area contributed by atoms with Crippen molar-refractivity contribution in [2.75, 3.05) is 25.7 Å². The van der Waals surface area contributed by atoms with Gasteiger partial charge in [0.2, 0.25) is 0 Å². The minimum absolute atomic E-state index is 0.0654. The van der Waals surface area contributed by atoms with E-state index in [0.29, 0.717) is 36.3 Å². The number of hydrogen-bond donors (Lipinski definition) is 2. The number of rotatable bonds is 10. The third kappa shape index (κ3) is 4.86. The molecule has 8 heteroatoms. The smallest absolute Gasteiger partial charge is 0.200 e. The van der Waals surface area contributed by atoms with E-state index in [1.54, 1.807) is 23.8 Å². The predicted octanol–water partition coefficient (Wildman–Crippen LogP) is 3.64. The summed E-state index contributed by atoms with van der Waals surface area (Å²) in [6.07, 6.45) is 5.39. The van der Waals surface area contributed by atoms with Crippen LogP contribution in [0, 0.1) is 0 Å². The Balaban J connectivity index is 1.81. The zero-order valence-electron chi connectivity index (χ0n) is 18.7. The molecule has 1 aromatic heterocycles. The monoisotopic (exact) mass is 458 g/mol. The largest absolute Gasteiger partial charge is 0.494 e. The van der Waals surface area contributed by atoms with Crippen LogP contribution >= 0.6 is 0 Å². The van der Waals surface area contributed by atoms with Gasteiger partial charge in [-0.15, -0.1) is 0 Å². The number of methoxy groups -OCH3 is 1. The number of fused-ring (bicyclic) bond motifs is 1. The van der Waals surface area contributed by atoms with Gasteiger partial charge in [-0.2, -0.15) is 0 Å². The van der Waals surface area contributed by atoms with Gasteiger partial charge in [-0.1, -0.05) is 24.3 Å². The Bertz CT molecular complexity index is 1210. The zero-order valence-corrected chi connectivity index (χ0v) is 19.5. The molecule has 0 spiro atoms. The summed E-state index contributed by atoms with van der Waals surface area (Å²) in [5.74, 6) is 1.02. The topological polar surface area (TPSA) is 89.8 Å². The van der Waals surface area contributed by atoms with Crippen LogP contribution in [0.15, 0.2) is 42.6 Å². The van der Waals surface area contributed by atoms with Crippen LogP contribution in [0.1, 0.15) is 36.9 Å². The first-order valence-electron chi connectivity index (χ1n) is 10.8. The molecule has 0 radical (unpaired) electrons. The Kier molecular flexibility index (Phi) is 6.35. The lowest BCUT2D eigenvalue weighted by molar-refractivity contribution is 0.310. The molecule has 0 amide bonds. The third-order valence-corrected chi connectivity index (χ3v) is 6.68. The third-order valence-electron chi connectivity index (χ3n) is 5.76. The highest BCUT2D eigenvalue weighted by molar-refractivity contribution is 7.90. The molecule has 0 saturated heterocycles. The minimum atomic E-state index is -3.35. The van der Waals surface area contributed by atoms with Crippen molar-refractivity contribution in [1.29, 1.82) is 0 Å². The molecule has 1 aliphatic rings. The average Bonchev–Trinajstić information content (AvgIpc) is 3.52. The summed E-state index contributed by atoms with van der Waals surface area (Å²) in [4.78, 5) is 0. The van der Waals surface area contributed by atoms with Gasteiger partial charge in [-0.05, 0) is 43.0 Å². The van der Waals surface area contributed by atoms with Crippen molar-refractivity contribution in [2.45, 2.75) is 38.4 Å². The Hall–Kier alpha value is -2.71. The molecule has 0 aliphatic heterocycles. The second-order valence-corrected chi connectivity index (χ2v) is 10.5. The van der Waals surface area contributed by atoms with Crippen molar-refractivity contribution in [3.8, 4) is 17.4 Å². The number of nitrogens with one attached hydrogen (secondary N) is 1. The van der Waals surface area contributed by atoms with E-state index in [1.165, 1.54) is 19.1 Å². The minimum Gasteiger partial charge on any atom is -0.494 e. The van der Waals surface area contributed by atoms with Gasteiger partial charge >= 0.3 is 0 Å². The highest BCUT2D eigenvalue weighted by atomic mass is 32.2. The average molecular weight is 459 g/mol. The Morgan fingerprint density at radius 2 is 2.00 bits per heavy atom. The van der Waals surface area contributed by atoms with Crippen LogP contribution in [0.3, 0.4) is 0 Å². The van der Waals surface area contributed by atoms with Crippen molar-refractivity contribution < 1.29 is 23.0 Å². The Morgan fingerprint density at radius 3 is 2.66 bits per heavy atom. The SMILES string of the molecule is CCOc1cc(C(CS(C)(=O)=O)n2cc3cccc(CNC4CC4)c3c2O)ccc1OC. The van der Waals surface area contributed by atoms with Gasteiger partial charge in [0.05, 0.1) is 25.5 Å². The first-order valence-corrected chi connectivity index (χ1v) is 12.9. The fourth-order valence-corrected chi connectivity index (χ4v) is 4.99. The molecule has 32 heavy (non-hydrogen) atoms. The van der Waals surface area contributed by atoms with Crippen LogP contribution in [0.4, 0.5) is 0 Å². The van der Waals surface area contributed by atoms with Crippen molar-refractivity contribution in [3.63, 3.8) is 0 Å². The molecule has 2 aromatic carbocycles. The number of benzene rings is 2. The summed E-state index contributed by atoms with van der Waals surface area (Å²) in [6.45, 7) is 2.99. The van der Waals surface area contributed by atoms with Crippen LogP contribution in [0.25, 0.3) is 10.8 Å². The normalized spacial score (nSPS) is 15.1. The molecule has 1 saturated carbocycles. The fraction of sp³-hybridized carbons (Fsp3) is 0.417. The second-order valence-electron chi connectivity index (χ2n) is 8.35. The lowest BCUT2D eigenvalue weighted by Crippen LogP contribution is -2.20. The Morgan fingerprint density at radius 1 is 1.22 bits per heavy atom. The maximum absolute atomic E-state index is 12.3.